The van der Waals surface area contributed by atoms with E-state index in [-0.39, 0.29) is 35.0 Å². The standard InChI is InChI=1S/C33H50N4.C9H18N2O/c1-11-28-30-27(33(30,8)9)20-37(28)22(3)31(26-18-24-14-12-13-15-25(24)19-26)36-23(4)35-29(32(5,6)7)17-16-21(2)34-10;1-6(2)5-8(11-4)9(12)7(3)10/h11-15,26-31,34-36H,1-4,16-20H2,5-10H3;6,8,11H,3,5,10H2,1-2,4H3/t27-,28?,29?,30-,31?;/m0./s1. The van der Waals surface area contributed by atoms with Gasteiger partial charge in [-0.25, -0.2) is 0 Å². The Morgan fingerprint density at radius 3 is 2.12 bits per heavy atom. The molecule has 3 aliphatic rings. The number of fused-ring (bicyclic) bond motifs is 2. The number of Topliss-reactive ketones (excluding diaryl/α,β-unsaturated/α-hetero) is 1. The average molecular weight is 673 g/mol. The third-order valence-electron chi connectivity index (χ3n) is 11.3. The molecule has 1 saturated carbocycles. The third kappa shape index (κ3) is 9.84. The van der Waals surface area contributed by atoms with E-state index < -0.39 is 0 Å². The molecule has 1 heterocycles. The lowest BCUT2D eigenvalue weighted by molar-refractivity contribution is -0.117. The van der Waals surface area contributed by atoms with E-state index in [9.17, 15) is 4.79 Å². The maximum absolute atomic E-state index is 11.3. The number of nitrogens with two attached hydrogens (primary N) is 1. The SMILES string of the molecule is C=C(N)C(=O)C(CC(C)C)NC.C=CC1[C@@H]2[C@H](CN1C(=C)C(NC(=C)NC(CCC(=C)NC)C(C)(C)C)C1Cc3ccccc3C1)C2(C)C. The summed E-state index contributed by atoms with van der Waals surface area (Å²) >= 11 is 0. The van der Waals surface area contributed by atoms with Gasteiger partial charge in [0.2, 0.25) is 0 Å². The van der Waals surface area contributed by atoms with Crippen molar-refractivity contribution in [1.29, 1.82) is 0 Å². The quantitative estimate of drug-likeness (QED) is 0.0933. The van der Waals surface area contributed by atoms with Crippen molar-refractivity contribution in [2.45, 2.75) is 105 Å². The van der Waals surface area contributed by atoms with Gasteiger partial charge in [-0.15, -0.1) is 6.58 Å². The summed E-state index contributed by atoms with van der Waals surface area (Å²) in [4.78, 5) is 13.9. The van der Waals surface area contributed by atoms with Crippen LogP contribution in [0, 0.1) is 34.5 Å². The molecule has 4 unspecified atom stereocenters. The number of nitrogens with one attached hydrogen (secondary N) is 4. The minimum atomic E-state index is -0.178. The molecule has 0 bridgehead atoms. The zero-order valence-corrected chi connectivity index (χ0v) is 32.2. The Hall–Kier alpha value is -3.45. The molecule has 1 saturated heterocycles. The Morgan fingerprint density at radius 1 is 1.06 bits per heavy atom. The van der Waals surface area contributed by atoms with Crippen molar-refractivity contribution < 1.29 is 4.79 Å². The molecule has 1 aromatic rings. The minimum absolute atomic E-state index is 0.0878. The largest absolute Gasteiger partial charge is 0.396 e. The topological polar surface area (TPSA) is 94.5 Å². The van der Waals surface area contributed by atoms with E-state index in [0.717, 1.165) is 56.1 Å². The van der Waals surface area contributed by atoms with Crippen molar-refractivity contribution >= 4 is 5.78 Å². The van der Waals surface area contributed by atoms with Crippen LogP contribution in [-0.4, -0.2) is 55.5 Å². The van der Waals surface area contributed by atoms with Crippen LogP contribution in [0.15, 0.2) is 86.1 Å². The number of ketones is 1. The minimum Gasteiger partial charge on any atom is -0.396 e. The Labute approximate surface area is 299 Å². The van der Waals surface area contributed by atoms with Crippen molar-refractivity contribution in [2.75, 3.05) is 20.6 Å². The number of benzene rings is 1. The lowest BCUT2D eigenvalue weighted by atomic mass is 9.83. The second-order valence-corrected chi connectivity index (χ2v) is 16.7. The van der Waals surface area contributed by atoms with Gasteiger partial charge < -0.3 is 31.9 Å². The summed E-state index contributed by atoms with van der Waals surface area (Å²) in [5, 5.41) is 13.7. The fraction of sp³-hybridized carbons (Fsp3) is 0.595. The molecule has 6 N–H and O–H groups in total. The molecule has 1 aromatic carbocycles. The molecule has 1 aliphatic heterocycles. The van der Waals surface area contributed by atoms with Crippen LogP contribution in [0.25, 0.3) is 0 Å². The summed E-state index contributed by atoms with van der Waals surface area (Å²) in [6, 6.07) is 9.46. The third-order valence-corrected chi connectivity index (χ3v) is 11.3. The van der Waals surface area contributed by atoms with Crippen molar-refractivity contribution in [1.82, 2.24) is 26.2 Å². The number of hydrogen-bond acceptors (Lipinski definition) is 7. The molecule has 7 nitrogen and oxygen atoms in total. The van der Waals surface area contributed by atoms with Gasteiger partial charge in [0.05, 0.1) is 29.6 Å². The van der Waals surface area contributed by atoms with Crippen LogP contribution in [0.5, 0.6) is 0 Å². The highest BCUT2D eigenvalue weighted by atomic mass is 16.1. The predicted molar refractivity (Wildman–Crippen MR) is 208 cm³/mol. The lowest BCUT2D eigenvalue weighted by Crippen LogP contribution is -2.50. The molecule has 7 heteroatoms. The van der Waals surface area contributed by atoms with E-state index in [1.54, 1.807) is 7.05 Å². The molecule has 272 valence electrons. The lowest BCUT2D eigenvalue weighted by Gasteiger charge is -2.40. The second-order valence-electron chi connectivity index (χ2n) is 16.7. The molecule has 4 rings (SSSR count). The average Bonchev–Trinajstić information content (AvgIpc) is 3.39. The van der Waals surface area contributed by atoms with E-state index in [2.05, 4.69) is 131 Å². The van der Waals surface area contributed by atoms with Crippen LogP contribution in [0.4, 0.5) is 0 Å². The Bertz CT molecular complexity index is 1340. The molecule has 2 fully saturated rings. The number of carbonyl (C=O) groups excluding carboxylic acids is 1. The van der Waals surface area contributed by atoms with Gasteiger partial charge >= 0.3 is 0 Å². The smallest absolute Gasteiger partial charge is 0.194 e. The number of likely N-dealkylation sites (tertiary alicyclic amines) is 1. The van der Waals surface area contributed by atoms with Gasteiger partial charge in [0.1, 0.15) is 0 Å². The van der Waals surface area contributed by atoms with Crippen LogP contribution in [0.2, 0.25) is 0 Å². The van der Waals surface area contributed by atoms with Gasteiger partial charge in [-0.2, -0.15) is 0 Å². The van der Waals surface area contributed by atoms with E-state index >= 15 is 0 Å². The summed E-state index contributed by atoms with van der Waals surface area (Å²) < 4.78 is 0. The number of piperidine rings is 1. The van der Waals surface area contributed by atoms with Crippen LogP contribution >= 0.6 is 0 Å². The first-order valence-corrected chi connectivity index (χ1v) is 18.2. The van der Waals surface area contributed by atoms with E-state index in [1.807, 2.05) is 7.05 Å². The zero-order valence-electron chi connectivity index (χ0n) is 32.2. The van der Waals surface area contributed by atoms with Crippen molar-refractivity contribution in [3.8, 4) is 0 Å². The molecule has 6 atom stereocenters. The van der Waals surface area contributed by atoms with Gasteiger partial charge in [0.15, 0.2) is 5.78 Å². The van der Waals surface area contributed by atoms with Gasteiger partial charge in [0, 0.05) is 31.0 Å². The summed E-state index contributed by atoms with van der Waals surface area (Å²) in [6.45, 7) is 37.9. The van der Waals surface area contributed by atoms with Crippen LogP contribution < -0.4 is 27.0 Å². The molecule has 0 aromatic heterocycles. The van der Waals surface area contributed by atoms with Gasteiger partial charge in [0.25, 0.3) is 0 Å². The monoisotopic (exact) mass is 673 g/mol. The van der Waals surface area contributed by atoms with E-state index in [4.69, 9.17) is 12.3 Å². The fourth-order valence-electron chi connectivity index (χ4n) is 8.06. The maximum Gasteiger partial charge on any atom is 0.194 e. The van der Waals surface area contributed by atoms with Crippen LogP contribution in [0.3, 0.4) is 0 Å². The van der Waals surface area contributed by atoms with Crippen molar-refractivity contribution in [2.24, 2.45) is 40.2 Å². The number of hydrogen-bond donors (Lipinski definition) is 5. The first-order chi connectivity index (χ1) is 22.9. The highest BCUT2D eigenvalue weighted by molar-refractivity contribution is 5.98. The number of rotatable bonds is 17. The molecular formula is C42H68N6O. The first kappa shape index (κ1) is 40.0. The number of likely N-dealkylation sites (N-methyl/N-ethyl adjacent to an activating group) is 1. The number of nitrogens with zero attached hydrogens (tertiary/aromatic N) is 1. The Balaban J connectivity index is 0.000000463. The van der Waals surface area contributed by atoms with Gasteiger partial charge in [-0.05, 0) is 84.8 Å². The summed E-state index contributed by atoms with van der Waals surface area (Å²) in [5.74, 6) is 3.11. The highest BCUT2D eigenvalue weighted by Gasteiger charge is 2.66. The molecule has 0 spiro atoms. The predicted octanol–water partition coefficient (Wildman–Crippen LogP) is 6.67. The summed E-state index contributed by atoms with van der Waals surface area (Å²) in [6.07, 6.45) is 7.01. The highest BCUT2D eigenvalue weighted by Crippen LogP contribution is 2.65. The Morgan fingerprint density at radius 2 is 1.65 bits per heavy atom. The molecular weight excluding hydrogens is 605 g/mol. The Kier molecular flexibility index (Phi) is 13.5. The molecule has 2 aliphatic carbocycles. The van der Waals surface area contributed by atoms with Crippen LogP contribution in [-0.2, 0) is 17.6 Å². The molecule has 0 amide bonds. The normalized spacial score (nSPS) is 22.4. The summed E-state index contributed by atoms with van der Waals surface area (Å²) in [7, 11) is 3.70. The molecule has 49 heavy (non-hydrogen) atoms. The number of carbonyl (C=O) groups is 1. The maximum atomic E-state index is 11.3. The number of allylic oxidation sites excluding steroid dienone is 1. The van der Waals surface area contributed by atoms with Crippen LogP contribution in [0.1, 0.15) is 78.9 Å². The molecule has 0 radical (unpaired) electrons. The van der Waals surface area contributed by atoms with E-state index in [1.165, 1.54) is 16.8 Å². The second kappa shape index (κ2) is 16.5. The van der Waals surface area contributed by atoms with Crippen molar-refractivity contribution in [3.63, 3.8) is 0 Å². The van der Waals surface area contributed by atoms with Crippen molar-refractivity contribution in [3.05, 3.63) is 97.3 Å². The van der Waals surface area contributed by atoms with Gasteiger partial charge in [-0.1, -0.05) is 105 Å². The first-order valence-electron chi connectivity index (χ1n) is 18.2. The van der Waals surface area contributed by atoms with E-state index in [0.29, 0.717) is 29.2 Å². The zero-order chi connectivity index (χ0) is 36.8. The fourth-order valence-corrected chi connectivity index (χ4v) is 8.06. The summed E-state index contributed by atoms with van der Waals surface area (Å²) in [5.41, 5.74) is 11.1. The van der Waals surface area contributed by atoms with Gasteiger partial charge in [-0.3, -0.25) is 4.79 Å².